The van der Waals surface area contributed by atoms with Gasteiger partial charge in [-0.2, -0.15) is 13.9 Å². The van der Waals surface area contributed by atoms with Crippen LogP contribution in [0.25, 0.3) is 11.3 Å². The molecule has 0 radical (unpaired) electrons. The summed E-state index contributed by atoms with van der Waals surface area (Å²) in [5, 5.41) is 6.46. The van der Waals surface area contributed by atoms with E-state index in [1.54, 1.807) is 30.1 Å². The lowest BCUT2D eigenvalue weighted by Crippen LogP contribution is -2.11. The first-order chi connectivity index (χ1) is 12.6. The Morgan fingerprint density at radius 2 is 1.88 bits per heavy atom. The van der Waals surface area contributed by atoms with E-state index >= 15 is 0 Å². The second-order valence-corrected chi connectivity index (χ2v) is 6.80. The van der Waals surface area contributed by atoms with E-state index in [9.17, 15) is 8.78 Å². The van der Waals surface area contributed by atoms with Gasteiger partial charge in [0.2, 0.25) is 4.80 Å². The number of hydrogen-bond donors (Lipinski definition) is 0. The van der Waals surface area contributed by atoms with Crippen molar-refractivity contribution in [2.24, 2.45) is 10.1 Å². The zero-order chi connectivity index (χ0) is 18.5. The van der Waals surface area contributed by atoms with Crippen LogP contribution in [-0.4, -0.2) is 24.5 Å². The summed E-state index contributed by atoms with van der Waals surface area (Å²) in [6.45, 7) is -2.84. The van der Waals surface area contributed by atoms with Gasteiger partial charge < -0.3 is 4.74 Å². The second-order valence-electron chi connectivity index (χ2n) is 5.11. The summed E-state index contributed by atoms with van der Waals surface area (Å²) in [6, 6.07) is 14.2. The number of halogens is 3. The number of thiazole rings is 1. The summed E-state index contributed by atoms with van der Waals surface area (Å²) in [5.74, 6) is 0.114. The van der Waals surface area contributed by atoms with Crippen molar-refractivity contribution in [3.05, 3.63) is 68.7 Å². The molecule has 1 heterocycles. The van der Waals surface area contributed by atoms with Crippen LogP contribution in [0, 0.1) is 0 Å². The van der Waals surface area contributed by atoms with E-state index in [0.29, 0.717) is 0 Å². The van der Waals surface area contributed by atoms with E-state index in [2.05, 4.69) is 30.8 Å². The fourth-order valence-electron chi connectivity index (χ4n) is 2.27. The SMILES string of the molecule is CN=c1scc(-c2ccc(OC(F)F)cc2)n1N=Cc1ccccc1Br. The molecule has 0 N–H and O–H groups in total. The molecule has 0 saturated heterocycles. The van der Waals surface area contributed by atoms with E-state index in [-0.39, 0.29) is 5.75 Å². The smallest absolute Gasteiger partial charge is 0.387 e. The second kappa shape index (κ2) is 8.37. The minimum absolute atomic E-state index is 0.114. The number of aromatic nitrogens is 1. The molecule has 1 aromatic heterocycles. The summed E-state index contributed by atoms with van der Waals surface area (Å²) >= 11 is 4.94. The fourth-order valence-corrected chi connectivity index (χ4v) is 3.46. The van der Waals surface area contributed by atoms with Crippen molar-refractivity contribution in [2.75, 3.05) is 7.05 Å². The Morgan fingerprint density at radius 3 is 2.54 bits per heavy atom. The predicted octanol–water partition coefficient (Wildman–Crippen LogP) is 4.99. The van der Waals surface area contributed by atoms with Crippen molar-refractivity contribution >= 4 is 33.5 Å². The van der Waals surface area contributed by atoms with E-state index in [1.165, 1.54) is 23.5 Å². The van der Waals surface area contributed by atoms with Crippen LogP contribution in [0.4, 0.5) is 8.78 Å². The quantitative estimate of drug-likeness (QED) is 0.518. The van der Waals surface area contributed by atoms with Crippen molar-refractivity contribution in [1.29, 1.82) is 0 Å². The largest absolute Gasteiger partial charge is 0.435 e. The highest BCUT2D eigenvalue weighted by Crippen LogP contribution is 2.24. The Kier molecular flexibility index (Phi) is 5.95. The Hall–Kier alpha value is -2.32. The highest BCUT2D eigenvalue weighted by molar-refractivity contribution is 9.10. The van der Waals surface area contributed by atoms with E-state index < -0.39 is 6.61 Å². The van der Waals surface area contributed by atoms with E-state index in [4.69, 9.17) is 0 Å². The van der Waals surface area contributed by atoms with Crippen LogP contribution in [0.1, 0.15) is 5.56 Å². The standard InChI is InChI=1S/C18H14BrF2N3OS/c1-22-18-24(23-10-13-4-2-3-5-15(13)19)16(11-26-18)12-6-8-14(9-7-12)25-17(20)21/h2-11,17H,1H3. The molecule has 4 nitrogen and oxygen atoms in total. The minimum Gasteiger partial charge on any atom is -0.435 e. The number of ether oxygens (including phenoxy) is 1. The van der Waals surface area contributed by atoms with E-state index in [0.717, 1.165) is 26.1 Å². The zero-order valence-electron chi connectivity index (χ0n) is 13.6. The van der Waals surface area contributed by atoms with Crippen molar-refractivity contribution in [3.8, 4) is 17.0 Å². The summed E-state index contributed by atoms with van der Waals surface area (Å²) < 4.78 is 31.6. The molecule has 0 amide bonds. The Bertz CT molecular complexity index is 981. The van der Waals surface area contributed by atoms with Gasteiger partial charge in [0.05, 0.1) is 11.9 Å². The first-order valence-electron chi connectivity index (χ1n) is 7.56. The van der Waals surface area contributed by atoms with Gasteiger partial charge in [0, 0.05) is 28.0 Å². The molecule has 0 aliphatic heterocycles. The molecule has 3 aromatic rings. The Morgan fingerprint density at radius 1 is 1.15 bits per heavy atom. The lowest BCUT2D eigenvalue weighted by molar-refractivity contribution is -0.0498. The molecule has 3 rings (SSSR count). The molecular weight excluding hydrogens is 424 g/mol. The molecule has 0 aliphatic rings. The molecule has 0 unspecified atom stereocenters. The lowest BCUT2D eigenvalue weighted by atomic mass is 10.2. The highest BCUT2D eigenvalue weighted by atomic mass is 79.9. The average Bonchev–Trinajstić information content (AvgIpc) is 3.04. The molecular formula is C18H14BrF2N3OS. The normalized spacial score (nSPS) is 12.3. The van der Waals surface area contributed by atoms with Crippen LogP contribution >= 0.6 is 27.3 Å². The van der Waals surface area contributed by atoms with Gasteiger partial charge in [-0.3, -0.25) is 4.99 Å². The van der Waals surface area contributed by atoms with Crippen molar-refractivity contribution in [2.45, 2.75) is 6.61 Å². The number of hydrogen-bond acceptors (Lipinski definition) is 4. The van der Waals surface area contributed by atoms with Gasteiger partial charge in [-0.25, -0.2) is 4.68 Å². The van der Waals surface area contributed by atoms with Crippen LogP contribution in [0.2, 0.25) is 0 Å². The summed E-state index contributed by atoms with van der Waals surface area (Å²) in [4.78, 5) is 4.96. The molecule has 0 spiro atoms. The predicted molar refractivity (Wildman–Crippen MR) is 103 cm³/mol. The fraction of sp³-hybridized carbons (Fsp3) is 0.111. The number of alkyl halides is 2. The highest BCUT2D eigenvalue weighted by Gasteiger charge is 2.09. The molecule has 0 bridgehead atoms. The molecule has 0 aliphatic carbocycles. The molecule has 0 saturated carbocycles. The number of benzene rings is 2. The summed E-state index contributed by atoms with van der Waals surface area (Å²) in [6.07, 6.45) is 1.74. The first-order valence-corrected chi connectivity index (χ1v) is 9.23. The van der Waals surface area contributed by atoms with Gasteiger partial charge in [-0.1, -0.05) is 34.1 Å². The topological polar surface area (TPSA) is 38.9 Å². The number of rotatable bonds is 5. The third-order valence-corrected chi connectivity index (χ3v) is 5.10. The van der Waals surface area contributed by atoms with Crippen LogP contribution in [0.15, 0.2) is 68.5 Å². The third kappa shape index (κ3) is 4.25. The van der Waals surface area contributed by atoms with Crippen molar-refractivity contribution in [3.63, 3.8) is 0 Å². The van der Waals surface area contributed by atoms with Gasteiger partial charge in [-0.15, -0.1) is 11.3 Å². The van der Waals surface area contributed by atoms with Gasteiger partial charge in [0.15, 0.2) is 0 Å². The molecule has 0 fully saturated rings. The number of nitrogens with zero attached hydrogens (tertiary/aromatic N) is 3. The van der Waals surface area contributed by atoms with Crippen LogP contribution in [0.3, 0.4) is 0 Å². The Balaban J connectivity index is 1.97. The molecule has 2 aromatic carbocycles. The molecule has 134 valence electrons. The monoisotopic (exact) mass is 437 g/mol. The maximum atomic E-state index is 12.3. The third-order valence-electron chi connectivity index (χ3n) is 3.47. The average molecular weight is 438 g/mol. The first kappa shape index (κ1) is 18.5. The van der Waals surface area contributed by atoms with Gasteiger partial charge in [0.25, 0.3) is 0 Å². The molecule has 0 atom stereocenters. The Labute approximate surface area is 161 Å². The van der Waals surface area contributed by atoms with Crippen molar-refractivity contribution in [1.82, 2.24) is 4.68 Å². The maximum Gasteiger partial charge on any atom is 0.387 e. The van der Waals surface area contributed by atoms with E-state index in [1.807, 2.05) is 29.6 Å². The van der Waals surface area contributed by atoms with Gasteiger partial charge in [-0.05, 0) is 30.3 Å². The van der Waals surface area contributed by atoms with Gasteiger partial charge in [0.1, 0.15) is 5.75 Å². The van der Waals surface area contributed by atoms with Crippen LogP contribution < -0.4 is 9.54 Å². The zero-order valence-corrected chi connectivity index (χ0v) is 16.0. The van der Waals surface area contributed by atoms with Crippen molar-refractivity contribution < 1.29 is 13.5 Å². The summed E-state index contributed by atoms with van der Waals surface area (Å²) in [7, 11) is 1.69. The maximum absolute atomic E-state index is 12.3. The van der Waals surface area contributed by atoms with Crippen LogP contribution in [-0.2, 0) is 0 Å². The van der Waals surface area contributed by atoms with Gasteiger partial charge >= 0.3 is 6.61 Å². The lowest BCUT2D eigenvalue weighted by Gasteiger charge is -2.07. The minimum atomic E-state index is -2.84. The molecule has 26 heavy (non-hydrogen) atoms. The summed E-state index contributed by atoms with van der Waals surface area (Å²) in [5.41, 5.74) is 2.56. The van der Waals surface area contributed by atoms with Crippen LogP contribution in [0.5, 0.6) is 5.75 Å². The molecule has 8 heteroatoms.